The number of carbonyl (C=O) groups excluding carboxylic acids is 2. The number of morpholine rings is 1. The molecule has 0 radical (unpaired) electrons. The number of benzene rings is 1. The minimum Gasteiger partial charge on any atom is -0.507 e. The van der Waals surface area contributed by atoms with Crippen LogP contribution in [-0.4, -0.2) is 78.1 Å². The first-order valence-corrected chi connectivity index (χ1v) is 10.3. The SMILES string of the molecule is COc1ccc(C(O)=C2C(=O)C(=O)N(CCN3CCOCC3)C2c2ccncc2)cc1F. The third-order valence-corrected chi connectivity index (χ3v) is 5.75. The predicted molar refractivity (Wildman–Crippen MR) is 113 cm³/mol. The standard InChI is InChI=1S/C23H24FN3O5/c1-31-18-3-2-16(14-17(18)24)21(28)19-20(15-4-6-25-7-5-15)27(23(30)22(19)29)9-8-26-10-12-32-13-11-26/h2-7,14,20,28H,8-13H2,1H3. The van der Waals surface area contributed by atoms with Crippen molar-refractivity contribution in [1.82, 2.24) is 14.8 Å². The second kappa shape index (κ2) is 9.46. The van der Waals surface area contributed by atoms with Crippen molar-refractivity contribution in [3.8, 4) is 5.75 Å². The van der Waals surface area contributed by atoms with Gasteiger partial charge in [-0.3, -0.25) is 19.5 Å². The van der Waals surface area contributed by atoms with Crippen molar-refractivity contribution in [2.45, 2.75) is 6.04 Å². The molecule has 1 unspecified atom stereocenters. The first-order chi connectivity index (χ1) is 15.5. The van der Waals surface area contributed by atoms with Gasteiger partial charge in [-0.1, -0.05) is 0 Å². The zero-order valence-corrected chi connectivity index (χ0v) is 17.7. The first kappa shape index (κ1) is 21.9. The molecule has 2 saturated heterocycles. The summed E-state index contributed by atoms with van der Waals surface area (Å²) >= 11 is 0. The molecule has 1 aromatic heterocycles. The topological polar surface area (TPSA) is 92.2 Å². The quantitative estimate of drug-likeness (QED) is 0.416. The number of nitrogens with zero attached hydrogens (tertiary/aromatic N) is 3. The summed E-state index contributed by atoms with van der Waals surface area (Å²) in [5, 5.41) is 11.0. The second-order valence-corrected chi connectivity index (χ2v) is 7.58. The van der Waals surface area contributed by atoms with Crippen LogP contribution in [0.25, 0.3) is 5.76 Å². The van der Waals surface area contributed by atoms with Gasteiger partial charge in [-0.2, -0.15) is 0 Å². The fourth-order valence-corrected chi connectivity index (χ4v) is 4.05. The highest BCUT2D eigenvalue weighted by Crippen LogP contribution is 2.39. The number of aromatic nitrogens is 1. The highest BCUT2D eigenvalue weighted by atomic mass is 19.1. The zero-order chi connectivity index (χ0) is 22.7. The van der Waals surface area contributed by atoms with Gasteiger partial charge in [0.2, 0.25) is 0 Å². The number of likely N-dealkylation sites (tertiary alicyclic amines) is 1. The molecule has 8 nitrogen and oxygen atoms in total. The third-order valence-electron chi connectivity index (χ3n) is 5.75. The molecule has 2 aromatic rings. The number of hydrogen-bond donors (Lipinski definition) is 1. The molecule has 2 aliphatic heterocycles. The van der Waals surface area contributed by atoms with Crippen molar-refractivity contribution in [3.63, 3.8) is 0 Å². The molecule has 1 atom stereocenters. The van der Waals surface area contributed by atoms with E-state index in [0.29, 0.717) is 31.9 Å². The Balaban J connectivity index is 1.72. The van der Waals surface area contributed by atoms with Crippen molar-refractivity contribution >= 4 is 17.4 Å². The predicted octanol–water partition coefficient (Wildman–Crippen LogP) is 1.98. The van der Waals surface area contributed by atoms with Crippen LogP contribution in [0.5, 0.6) is 5.75 Å². The lowest BCUT2D eigenvalue weighted by atomic mass is 9.96. The van der Waals surface area contributed by atoms with Gasteiger partial charge in [0.1, 0.15) is 5.76 Å². The van der Waals surface area contributed by atoms with Gasteiger partial charge in [0, 0.05) is 44.1 Å². The lowest BCUT2D eigenvalue weighted by Gasteiger charge is -2.31. The van der Waals surface area contributed by atoms with Crippen molar-refractivity contribution < 1.29 is 28.6 Å². The molecular weight excluding hydrogens is 417 g/mol. The maximum absolute atomic E-state index is 14.3. The summed E-state index contributed by atoms with van der Waals surface area (Å²) in [5.74, 6) is -2.60. The Kier molecular flexibility index (Phi) is 6.48. The third kappa shape index (κ3) is 4.21. The van der Waals surface area contributed by atoms with Gasteiger partial charge in [0.05, 0.1) is 31.9 Å². The van der Waals surface area contributed by atoms with Crippen molar-refractivity contribution in [3.05, 3.63) is 65.2 Å². The van der Waals surface area contributed by atoms with E-state index in [2.05, 4.69) is 9.88 Å². The molecule has 4 rings (SSSR count). The summed E-state index contributed by atoms with van der Waals surface area (Å²) in [7, 11) is 1.33. The molecule has 168 valence electrons. The molecular formula is C23H24FN3O5. The Labute approximate surface area is 184 Å². The summed E-state index contributed by atoms with van der Waals surface area (Å²) in [6.07, 6.45) is 3.12. The molecule has 9 heteroatoms. The van der Waals surface area contributed by atoms with Gasteiger partial charge >= 0.3 is 0 Å². The van der Waals surface area contributed by atoms with Crippen molar-refractivity contribution in [2.75, 3.05) is 46.5 Å². The summed E-state index contributed by atoms with van der Waals surface area (Å²) in [5.41, 5.74) is 0.651. The highest BCUT2D eigenvalue weighted by Gasteiger charge is 2.46. The monoisotopic (exact) mass is 441 g/mol. The smallest absolute Gasteiger partial charge is 0.295 e. The molecule has 3 heterocycles. The molecule has 0 spiro atoms. The fourth-order valence-electron chi connectivity index (χ4n) is 4.05. The van der Waals surface area contributed by atoms with E-state index in [0.717, 1.165) is 19.2 Å². The number of pyridine rings is 1. The van der Waals surface area contributed by atoms with Crippen molar-refractivity contribution in [2.24, 2.45) is 0 Å². The van der Waals surface area contributed by atoms with Gasteiger partial charge in [0.25, 0.3) is 11.7 Å². The molecule has 1 amide bonds. The summed E-state index contributed by atoms with van der Waals surface area (Å²) in [6.45, 7) is 3.59. The van der Waals surface area contributed by atoms with Gasteiger partial charge < -0.3 is 19.5 Å². The van der Waals surface area contributed by atoms with E-state index in [1.54, 1.807) is 24.5 Å². The normalized spacial score (nSPS) is 21.2. The zero-order valence-electron chi connectivity index (χ0n) is 17.7. The average molecular weight is 441 g/mol. The molecule has 0 bridgehead atoms. The maximum atomic E-state index is 14.3. The van der Waals surface area contributed by atoms with Crippen LogP contribution in [0, 0.1) is 5.82 Å². The lowest BCUT2D eigenvalue weighted by molar-refractivity contribution is -0.140. The molecule has 32 heavy (non-hydrogen) atoms. The average Bonchev–Trinajstić information content (AvgIpc) is 3.08. The van der Waals surface area contributed by atoms with E-state index in [1.165, 1.54) is 24.1 Å². The van der Waals surface area contributed by atoms with Crippen LogP contribution in [-0.2, 0) is 14.3 Å². The van der Waals surface area contributed by atoms with E-state index in [4.69, 9.17) is 9.47 Å². The summed E-state index contributed by atoms with van der Waals surface area (Å²) in [4.78, 5) is 33.6. The van der Waals surface area contributed by atoms with Crippen LogP contribution in [0.3, 0.4) is 0 Å². The number of Topliss-reactive ketones (excluding diaryl/α,β-unsaturated/α-hetero) is 1. The molecule has 0 saturated carbocycles. The van der Waals surface area contributed by atoms with Gasteiger partial charge in [0.15, 0.2) is 11.6 Å². The number of amides is 1. The number of halogens is 1. The van der Waals surface area contributed by atoms with Gasteiger partial charge in [-0.05, 0) is 35.9 Å². The minimum absolute atomic E-state index is 0.0122. The van der Waals surface area contributed by atoms with Crippen LogP contribution in [0.2, 0.25) is 0 Å². The molecule has 1 N–H and O–H groups in total. The van der Waals surface area contributed by atoms with Crippen LogP contribution in [0.4, 0.5) is 4.39 Å². The second-order valence-electron chi connectivity index (χ2n) is 7.58. The number of ketones is 1. The molecule has 2 fully saturated rings. The maximum Gasteiger partial charge on any atom is 0.295 e. The molecule has 2 aliphatic rings. The van der Waals surface area contributed by atoms with E-state index >= 15 is 0 Å². The number of ether oxygens (including phenoxy) is 2. The van der Waals surface area contributed by atoms with Crippen molar-refractivity contribution in [1.29, 1.82) is 0 Å². The van der Waals surface area contributed by atoms with Gasteiger partial charge in [-0.15, -0.1) is 0 Å². The largest absolute Gasteiger partial charge is 0.507 e. The number of aliphatic hydroxyl groups is 1. The Morgan fingerprint density at radius 1 is 1.19 bits per heavy atom. The summed E-state index contributed by atoms with van der Waals surface area (Å²) < 4.78 is 24.5. The Morgan fingerprint density at radius 2 is 1.91 bits per heavy atom. The van der Waals surface area contributed by atoms with E-state index < -0.39 is 29.3 Å². The number of aliphatic hydroxyl groups excluding tert-OH is 1. The van der Waals surface area contributed by atoms with E-state index in [9.17, 15) is 19.1 Å². The highest BCUT2D eigenvalue weighted by molar-refractivity contribution is 6.46. The Hall–Kier alpha value is -3.30. The van der Waals surface area contributed by atoms with Crippen LogP contribution in [0.1, 0.15) is 17.2 Å². The Morgan fingerprint density at radius 3 is 2.56 bits per heavy atom. The van der Waals surface area contributed by atoms with Crippen LogP contribution >= 0.6 is 0 Å². The minimum atomic E-state index is -0.803. The molecule has 1 aromatic carbocycles. The van der Waals surface area contributed by atoms with Gasteiger partial charge in [-0.25, -0.2) is 4.39 Å². The number of carbonyl (C=O) groups is 2. The number of hydrogen-bond acceptors (Lipinski definition) is 7. The van der Waals surface area contributed by atoms with Crippen LogP contribution in [0.15, 0.2) is 48.3 Å². The lowest BCUT2D eigenvalue weighted by Crippen LogP contribution is -2.42. The molecule has 0 aliphatic carbocycles. The van der Waals surface area contributed by atoms with Crippen LogP contribution < -0.4 is 4.74 Å². The fraction of sp³-hybridized carbons (Fsp3) is 0.348. The van der Waals surface area contributed by atoms with E-state index in [1.807, 2.05) is 0 Å². The first-order valence-electron chi connectivity index (χ1n) is 10.3. The summed E-state index contributed by atoms with van der Waals surface area (Å²) in [6, 6.07) is 6.48. The number of methoxy groups -OCH3 is 1. The number of rotatable bonds is 6. The van der Waals surface area contributed by atoms with E-state index in [-0.39, 0.29) is 16.9 Å². The Bertz CT molecular complexity index is 1040.